The van der Waals surface area contributed by atoms with Crippen molar-refractivity contribution in [3.05, 3.63) is 29.6 Å². The highest BCUT2D eigenvalue weighted by atomic mass is 16.5. The van der Waals surface area contributed by atoms with Crippen LogP contribution >= 0.6 is 0 Å². The van der Waals surface area contributed by atoms with Gasteiger partial charge in [-0.05, 0) is 18.9 Å². The molecule has 2 N–H and O–H groups in total. The first-order valence-corrected chi connectivity index (χ1v) is 7.19. The lowest BCUT2D eigenvalue weighted by atomic mass is 9.99. The van der Waals surface area contributed by atoms with Crippen LogP contribution in [0, 0.1) is 17.8 Å². The lowest BCUT2D eigenvalue weighted by molar-refractivity contribution is 0.0826. The van der Waals surface area contributed by atoms with Crippen LogP contribution in [0.4, 0.5) is 0 Å². The quantitative estimate of drug-likeness (QED) is 0.810. The van der Waals surface area contributed by atoms with Gasteiger partial charge in [-0.2, -0.15) is 0 Å². The van der Waals surface area contributed by atoms with E-state index in [9.17, 15) is 4.79 Å². The molecule has 2 heterocycles. The Kier molecular flexibility index (Phi) is 5.73. The topological polar surface area (TPSA) is 71.5 Å². The molecule has 0 bridgehead atoms. The van der Waals surface area contributed by atoms with E-state index in [1.807, 2.05) is 0 Å². The van der Waals surface area contributed by atoms with Crippen LogP contribution in [0.3, 0.4) is 0 Å². The fourth-order valence-electron chi connectivity index (χ4n) is 2.52. The number of rotatable bonds is 4. The van der Waals surface area contributed by atoms with Crippen molar-refractivity contribution >= 4 is 5.91 Å². The van der Waals surface area contributed by atoms with Crippen molar-refractivity contribution < 1.29 is 14.6 Å². The summed E-state index contributed by atoms with van der Waals surface area (Å²) in [7, 11) is 0. The molecular formula is C16H20N2O3. The third-order valence-electron chi connectivity index (χ3n) is 3.64. The van der Waals surface area contributed by atoms with Gasteiger partial charge < -0.3 is 15.2 Å². The second-order valence-electron chi connectivity index (χ2n) is 4.96. The summed E-state index contributed by atoms with van der Waals surface area (Å²) in [5.74, 6) is 5.49. The largest absolute Gasteiger partial charge is 0.384 e. The molecule has 2 atom stereocenters. The van der Waals surface area contributed by atoms with Crippen molar-refractivity contribution in [2.45, 2.75) is 25.9 Å². The van der Waals surface area contributed by atoms with Gasteiger partial charge in [-0.15, -0.1) is 0 Å². The Labute approximate surface area is 124 Å². The summed E-state index contributed by atoms with van der Waals surface area (Å²) >= 11 is 0. The molecule has 1 saturated heterocycles. The first-order chi connectivity index (χ1) is 10.3. The van der Waals surface area contributed by atoms with Crippen molar-refractivity contribution in [1.82, 2.24) is 10.3 Å². The molecule has 0 saturated carbocycles. The molecule has 0 spiro atoms. The molecule has 0 aliphatic carbocycles. The number of carbonyl (C=O) groups excluding carboxylic acids is 1. The fraction of sp³-hybridized carbons (Fsp3) is 0.500. The van der Waals surface area contributed by atoms with E-state index in [0.717, 1.165) is 19.4 Å². The zero-order chi connectivity index (χ0) is 15.1. The van der Waals surface area contributed by atoms with Crippen molar-refractivity contribution in [2.75, 3.05) is 19.8 Å². The Morgan fingerprint density at radius 3 is 3.24 bits per heavy atom. The second kappa shape index (κ2) is 7.77. The molecule has 0 aromatic carbocycles. The van der Waals surface area contributed by atoms with Gasteiger partial charge >= 0.3 is 0 Å². The first kappa shape index (κ1) is 15.5. The predicted molar refractivity (Wildman–Crippen MR) is 78.7 cm³/mol. The third kappa shape index (κ3) is 4.03. The Bertz CT molecular complexity index is 548. The maximum atomic E-state index is 12.3. The van der Waals surface area contributed by atoms with E-state index in [1.165, 1.54) is 6.20 Å². The molecular weight excluding hydrogens is 268 g/mol. The number of hydrogen-bond acceptors (Lipinski definition) is 4. The first-order valence-electron chi connectivity index (χ1n) is 7.19. The highest BCUT2D eigenvalue weighted by molar-refractivity contribution is 5.96. The van der Waals surface area contributed by atoms with Crippen molar-refractivity contribution in [3.63, 3.8) is 0 Å². The van der Waals surface area contributed by atoms with Crippen LogP contribution in [0.2, 0.25) is 0 Å². The average molecular weight is 288 g/mol. The second-order valence-corrected chi connectivity index (χ2v) is 4.96. The van der Waals surface area contributed by atoms with Crippen LogP contribution in [0.1, 0.15) is 35.7 Å². The molecule has 1 aromatic heterocycles. The van der Waals surface area contributed by atoms with Crippen LogP contribution in [0.5, 0.6) is 0 Å². The van der Waals surface area contributed by atoms with Gasteiger partial charge in [-0.1, -0.05) is 18.8 Å². The highest BCUT2D eigenvalue weighted by Gasteiger charge is 2.27. The normalized spacial score (nSPS) is 20.7. The monoisotopic (exact) mass is 288 g/mol. The molecule has 5 heteroatoms. The van der Waals surface area contributed by atoms with Gasteiger partial charge in [0.15, 0.2) is 0 Å². The van der Waals surface area contributed by atoms with Crippen molar-refractivity contribution in [2.24, 2.45) is 5.92 Å². The number of nitrogens with zero attached hydrogens (tertiary/aromatic N) is 1. The lowest BCUT2D eigenvalue weighted by Gasteiger charge is -2.17. The minimum atomic E-state index is -0.243. The van der Waals surface area contributed by atoms with Crippen molar-refractivity contribution in [3.8, 4) is 11.8 Å². The summed E-state index contributed by atoms with van der Waals surface area (Å²) in [6.45, 7) is 3.22. The predicted octanol–water partition coefficient (Wildman–Crippen LogP) is 0.970. The zero-order valence-corrected chi connectivity index (χ0v) is 12.1. The Morgan fingerprint density at radius 1 is 1.62 bits per heavy atom. The summed E-state index contributed by atoms with van der Waals surface area (Å²) in [6, 6.07) is 1.64. The van der Waals surface area contributed by atoms with E-state index in [-0.39, 0.29) is 18.6 Å². The number of aliphatic hydroxyl groups is 1. The molecule has 1 aliphatic rings. The van der Waals surface area contributed by atoms with E-state index >= 15 is 0 Å². The van der Waals surface area contributed by atoms with E-state index in [0.29, 0.717) is 23.6 Å². The van der Waals surface area contributed by atoms with Gasteiger partial charge in [0.2, 0.25) is 0 Å². The number of hydrogen-bond donors (Lipinski definition) is 2. The summed E-state index contributed by atoms with van der Waals surface area (Å²) in [6.07, 6.45) is 5.27. The number of aromatic nitrogens is 1. The van der Waals surface area contributed by atoms with Crippen LogP contribution < -0.4 is 5.32 Å². The molecule has 2 rings (SSSR count). The number of ether oxygens (including phenoxy) is 1. The average Bonchev–Trinajstić information content (AvgIpc) is 2.98. The van der Waals surface area contributed by atoms with Gasteiger partial charge in [0.1, 0.15) is 6.61 Å². The van der Waals surface area contributed by atoms with Crippen LogP contribution in [-0.2, 0) is 4.74 Å². The van der Waals surface area contributed by atoms with E-state index in [1.54, 1.807) is 12.3 Å². The SMILES string of the molecule is CCC1OCCC1CNC(=O)c1ccncc1C#CCO. The van der Waals surface area contributed by atoms with Crippen LogP contribution in [0.25, 0.3) is 0 Å². The Balaban J connectivity index is 2.00. The zero-order valence-electron chi connectivity index (χ0n) is 12.1. The third-order valence-corrected chi connectivity index (χ3v) is 3.64. The fourth-order valence-corrected chi connectivity index (χ4v) is 2.52. The Morgan fingerprint density at radius 2 is 2.48 bits per heavy atom. The molecule has 112 valence electrons. The molecule has 2 unspecified atom stereocenters. The number of aliphatic hydroxyl groups excluding tert-OH is 1. The number of carbonyl (C=O) groups is 1. The summed E-state index contributed by atoms with van der Waals surface area (Å²) in [5.41, 5.74) is 1.01. The van der Waals surface area contributed by atoms with E-state index < -0.39 is 0 Å². The number of amides is 1. The van der Waals surface area contributed by atoms with Gasteiger partial charge in [-0.3, -0.25) is 9.78 Å². The van der Waals surface area contributed by atoms with Gasteiger partial charge in [0.25, 0.3) is 5.91 Å². The molecule has 0 radical (unpaired) electrons. The molecule has 5 nitrogen and oxygen atoms in total. The molecule has 1 aromatic rings. The number of nitrogens with one attached hydrogen (secondary N) is 1. The van der Waals surface area contributed by atoms with Crippen LogP contribution in [0.15, 0.2) is 18.5 Å². The molecule has 1 fully saturated rings. The standard InChI is InChI=1S/C16H20N2O3/c1-2-15-13(6-9-21-15)11-18-16(20)14-5-7-17-10-12(14)4-3-8-19/h5,7,10,13,15,19H,2,6,8-9,11H2,1H3,(H,18,20). The molecule has 1 aliphatic heterocycles. The van der Waals surface area contributed by atoms with E-state index in [4.69, 9.17) is 9.84 Å². The van der Waals surface area contributed by atoms with Gasteiger partial charge in [-0.25, -0.2) is 0 Å². The van der Waals surface area contributed by atoms with Crippen molar-refractivity contribution in [1.29, 1.82) is 0 Å². The maximum Gasteiger partial charge on any atom is 0.252 e. The Hall–Kier alpha value is -1.90. The summed E-state index contributed by atoms with van der Waals surface area (Å²) < 4.78 is 5.62. The highest BCUT2D eigenvalue weighted by Crippen LogP contribution is 2.22. The summed E-state index contributed by atoms with van der Waals surface area (Å²) in [4.78, 5) is 16.2. The van der Waals surface area contributed by atoms with Gasteiger partial charge in [0, 0.05) is 31.5 Å². The maximum absolute atomic E-state index is 12.3. The van der Waals surface area contributed by atoms with Gasteiger partial charge in [0.05, 0.1) is 17.2 Å². The minimum Gasteiger partial charge on any atom is -0.384 e. The number of pyridine rings is 1. The molecule has 1 amide bonds. The minimum absolute atomic E-state index is 0.165. The summed E-state index contributed by atoms with van der Waals surface area (Å²) in [5, 5.41) is 11.7. The molecule has 21 heavy (non-hydrogen) atoms. The lowest BCUT2D eigenvalue weighted by Crippen LogP contribution is -2.33. The van der Waals surface area contributed by atoms with E-state index in [2.05, 4.69) is 29.1 Å². The van der Waals surface area contributed by atoms with Crippen LogP contribution in [-0.4, -0.2) is 41.9 Å². The smallest absolute Gasteiger partial charge is 0.252 e.